The molecule has 0 spiro atoms. The molecule has 13 heavy (non-hydrogen) atoms. The molecule has 0 unspecified atom stereocenters. The number of aromatic nitrogens is 1. The summed E-state index contributed by atoms with van der Waals surface area (Å²) in [6, 6.07) is 2.83. The van der Waals surface area contributed by atoms with Crippen LogP contribution in [-0.2, 0) is 0 Å². The minimum atomic E-state index is -0.472. The molecule has 0 aliphatic rings. The first-order valence-electron chi connectivity index (χ1n) is 3.78. The lowest BCUT2D eigenvalue weighted by molar-refractivity contribution is 0.441. The standard InChI is InChI=1S/C8H9Cl2FN2/c9-7-2-1-5(8(10)13-7)6(12)3-4-11/h1-2,6H,3-4,12H2/t6-/m1/s1. The summed E-state index contributed by atoms with van der Waals surface area (Å²) >= 11 is 11.4. The molecule has 72 valence electrons. The monoisotopic (exact) mass is 222 g/mol. The van der Waals surface area contributed by atoms with Crippen molar-refractivity contribution in [3.8, 4) is 0 Å². The second kappa shape index (κ2) is 4.74. The first-order valence-corrected chi connectivity index (χ1v) is 4.54. The summed E-state index contributed by atoms with van der Waals surface area (Å²) in [5, 5.41) is 0.551. The van der Waals surface area contributed by atoms with Gasteiger partial charge in [0.2, 0.25) is 0 Å². The van der Waals surface area contributed by atoms with E-state index in [1.165, 1.54) is 0 Å². The lowest BCUT2D eigenvalue weighted by Gasteiger charge is -2.10. The zero-order valence-electron chi connectivity index (χ0n) is 6.80. The number of pyridine rings is 1. The summed E-state index contributed by atoms with van der Waals surface area (Å²) in [4.78, 5) is 3.81. The maximum absolute atomic E-state index is 12.0. The van der Waals surface area contributed by atoms with E-state index in [0.29, 0.717) is 10.7 Å². The summed E-state index contributed by atoms with van der Waals surface area (Å²) in [6.07, 6.45) is 0.239. The van der Waals surface area contributed by atoms with E-state index in [1.807, 2.05) is 0 Å². The van der Waals surface area contributed by atoms with Gasteiger partial charge in [0.15, 0.2) is 0 Å². The van der Waals surface area contributed by atoms with Crippen LogP contribution in [0.25, 0.3) is 0 Å². The van der Waals surface area contributed by atoms with E-state index in [-0.39, 0.29) is 11.6 Å². The van der Waals surface area contributed by atoms with Gasteiger partial charge in [0, 0.05) is 11.6 Å². The second-order valence-corrected chi connectivity index (χ2v) is 3.34. The maximum Gasteiger partial charge on any atom is 0.135 e. The average molecular weight is 223 g/mol. The van der Waals surface area contributed by atoms with Crippen molar-refractivity contribution in [1.29, 1.82) is 0 Å². The highest BCUT2D eigenvalue weighted by Crippen LogP contribution is 2.23. The smallest absolute Gasteiger partial charge is 0.135 e. The van der Waals surface area contributed by atoms with Crippen LogP contribution in [0.2, 0.25) is 10.3 Å². The van der Waals surface area contributed by atoms with Crippen molar-refractivity contribution < 1.29 is 4.39 Å². The Bertz CT molecular complexity index is 293. The molecule has 0 bridgehead atoms. The number of alkyl halides is 1. The minimum Gasteiger partial charge on any atom is -0.324 e. The van der Waals surface area contributed by atoms with Crippen LogP contribution in [0, 0.1) is 0 Å². The van der Waals surface area contributed by atoms with Gasteiger partial charge in [0.1, 0.15) is 10.3 Å². The lowest BCUT2D eigenvalue weighted by atomic mass is 10.1. The van der Waals surface area contributed by atoms with Crippen LogP contribution < -0.4 is 5.73 Å². The second-order valence-electron chi connectivity index (χ2n) is 2.60. The summed E-state index contributed by atoms with van der Waals surface area (Å²) in [5.74, 6) is 0. The van der Waals surface area contributed by atoms with Crippen LogP contribution in [0.3, 0.4) is 0 Å². The Morgan fingerprint density at radius 3 is 2.69 bits per heavy atom. The summed E-state index contributed by atoms with van der Waals surface area (Å²) < 4.78 is 12.0. The van der Waals surface area contributed by atoms with Crippen LogP contribution >= 0.6 is 23.2 Å². The number of nitrogens with zero attached hydrogens (tertiary/aromatic N) is 1. The summed E-state index contributed by atoms with van der Waals surface area (Å²) in [6.45, 7) is -0.472. The highest BCUT2D eigenvalue weighted by molar-refractivity contribution is 6.32. The molecule has 2 N–H and O–H groups in total. The van der Waals surface area contributed by atoms with Gasteiger partial charge in [0.25, 0.3) is 0 Å². The summed E-state index contributed by atoms with van der Waals surface area (Å²) in [5.41, 5.74) is 6.28. The molecule has 1 atom stereocenters. The van der Waals surface area contributed by atoms with Crippen molar-refractivity contribution in [3.63, 3.8) is 0 Å². The first kappa shape index (κ1) is 10.7. The zero-order chi connectivity index (χ0) is 9.84. The fraction of sp³-hybridized carbons (Fsp3) is 0.375. The third-order valence-electron chi connectivity index (χ3n) is 1.66. The van der Waals surface area contributed by atoms with Crippen molar-refractivity contribution >= 4 is 23.2 Å². The average Bonchev–Trinajstić information content (AvgIpc) is 2.04. The minimum absolute atomic E-state index is 0.239. The van der Waals surface area contributed by atoms with Crippen molar-refractivity contribution in [2.24, 2.45) is 5.73 Å². The Morgan fingerprint density at radius 1 is 1.46 bits per heavy atom. The molecule has 0 amide bonds. The third kappa shape index (κ3) is 2.79. The molecule has 0 fully saturated rings. The number of rotatable bonds is 3. The van der Waals surface area contributed by atoms with E-state index in [9.17, 15) is 4.39 Å². The molecule has 0 aromatic carbocycles. The van der Waals surface area contributed by atoms with Gasteiger partial charge in [-0.05, 0) is 12.5 Å². The topological polar surface area (TPSA) is 38.9 Å². The highest BCUT2D eigenvalue weighted by atomic mass is 35.5. The van der Waals surface area contributed by atoms with E-state index in [2.05, 4.69) is 4.98 Å². The van der Waals surface area contributed by atoms with Crippen molar-refractivity contribution in [3.05, 3.63) is 28.0 Å². The van der Waals surface area contributed by atoms with E-state index in [0.717, 1.165) is 0 Å². The molecule has 0 aliphatic heterocycles. The Hall–Kier alpha value is -0.380. The largest absolute Gasteiger partial charge is 0.324 e. The lowest BCUT2D eigenvalue weighted by Crippen LogP contribution is -2.11. The predicted molar refractivity (Wildman–Crippen MR) is 51.8 cm³/mol. The van der Waals surface area contributed by atoms with Crippen molar-refractivity contribution in [1.82, 2.24) is 4.98 Å². The van der Waals surface area contributed by atoms with E-state index in [1.54, 1.807) is 12.1 Å². The molecule has 1 rings (SSSR count). The van der Waals surface area contributed by atoms with Gasteiger partial charge in [-0.3, -0.25) is 4.39 Å². The van der Waals surface area contributed by atoms with Crippen LogP contribution in [-0.4, -0.2) is 11.7 Å². The Balaban J connectivity index is 2.88. The molecule has 0 saturated heterocycles. The number of hydrogen-bond acceptors (Lipinski definition) is 2. The fourth-order valence-electron chi connectivity index (χ4n) is 0.973. The first-order chi connectivity index (χ1) is 6.15. The molecule has 1 heterocycles. The Morgan fingerprint density at radius 2 is 2.15 bits per heavy atom. The molecule has 0 radical (unpaired) electrons. The molecular formula is C8H9Cl2FN2. The Labute approximate surface area is 85.9 Å². The van der Waals surface area contributed by atoms with Gasteiger partial charge in [-0.25, -0.2) is 4.98 Å². The highest BCUT2D eigenvalue weighted by Gasteiger charge is 2.10. The molecule has 0 aliphatic carbocycles. The fourth-order valence-corrected chi connectivity index (χ4v) is 1.46. The third-order valence-corrected chi connectivity index (χ3v) is 2.18. The van der Waals surface area contributed by atoms with Crippen molar-refractivity contribution in [2.45, 2.75) is 12.5 Å². The normalized spacial score (nSPS) is 12.9. The predicted octanol–water partition coefficient (Wildman–Crippen LogP) is 2.75. The van der Waals surface area contributed by atoms with Crippen LogP contribution in [0.5, 0.6) is 0 Å². The maximum atomic E-state index is 12.0. The van der Waals surface area contributed by atoms with Gasteiger partial charge in [-0.1, -0.05) is 29.3 Å². The zero-order valence-corrected chi connectivity index (χ0v) is 8.32. The SMILES string of the molecule is N[C@H](CCF)c1ccc(Cl)nc1Cl. The van der Waals surface area contributed by atoms with E-state index in [4.69, 9.17) is 28.9 Å². The molecule has 1 aromatic heterocycles. The van der Waals surface area contributed by atoms with Crippen LogP contribution in [0.1, 0.15) is 18.0 Å². The molecule has 1 aromatic rings. The number of halogens is 3. The molecular weight excluding hydrogens is 214 g/mol. The molecule has 5 heteroatoms. The molecule has 0 saturated carbocycles. The Kier molecular flexibility index (Phi) is 3.90. The van der Waals surface area contributed by atoms with Crippen LogP contribution in [0.4, 0.5) is 4.39 Å². The molecule has 2 nitrogen and oxygen atoms in total. The van der Waals surface area contributed by atoms with E-state index >= 15 is 0 Å². The van der Waals surface area contributed by atoms with Crippen LogP contribution in [0.15, 0.2) is 12.1 Å². The van der Waals surface area contributed by atoms with Gasteiger partial charge >= 0.3 is 0 Å². The van der Waals surface area contributed by atoms with Gasteiger partial charge in [-0.15, -0.1) is 0 Å². The van der Waals surface area contributed by atoms with Gasteiger partial charge in [0.05, 0.1) is 6.67 Å². The van der Waals surface area contributed by atoms with Gasteiger partial charge in [-0.2, -0.15) is 0 Å². The number of hydrogen-bond donors (Lipinski definition) is 1. The number of nitrogens with two attached hydrogens (primary N) is 1. The summed E-state index contributed by atoms with van der Waals surface area (Å²) in [7, 11) is 0. The van der Waals surface area contributed by atoms with Gasteiger partial charge < -0.3 is 5.73 Å². The quantitative estimate of drug-likeness (QED) is 0.800. The van der Waals surface area contributed by atoms with E-state index < -0.39 is 12.7 Å². The van der Waals surface area contributed by atoms with Crippen molar-refractivity contribution in [2.75, 3.05) is 6.67 Å².